The molecule has 0 unspecified atom stereocenters. The number of para-hydroxylation sites is 1. The van der Waals surface area contributed by atoms with Crippen LogP contribution in [0.25, 0.3) is 0 Å². The van der Waals surface area contributed by atoms with Crippen molar-refractivity contribution in [1.29, 1.82) is 0 Å². The van der Waals surface area contributed by atoms with Crippen LogP contribution >= 0.6 is 0 Å². The van der Waals surface area contributed by atoms with Gasteiger partial charge in [-0.3, -0.25) is 14.9 Å². The van der Waals surface area contributed by atoms with Crippen LogP contribution in [0.4, 0.5) is 5.69 Å². The molecule has 23 heavy (non-hydrogen) atoms. The van der Waals surface area contributed by atoms with Gasteiger partial charge >= 0.3 is 0 Å². The average Bonchev–Trinajstić information content (AvgIpc) is 2.46. The maximum Gasteiger partial charge on any atom is 0.273 e. The Balaban J connectivity index is 2.05. The Bertz CT molecular complexity index is 704. The smallest absolute Gasteiger partial charge is 0.273 e. The second kappa shape index (κ2) is 7.05. The van der Waals surface area contributed by atoms with E-state index in [2.05, 4.69) is 4.72 Å². The van der Waals surface area contributed by atoms with Crippen LogP contribution in [0, 0.1) is 10.1 Å². The monoisotopic (exact) mass is 341 g/mol. The third kappa shape index (κ3) is 5.00. The van der Waals surface area contributed by atoms with E-state index < -0.39 is 14.9 Å². The molecule has 1 saturated heterocycles. The third-order valence-corrected chi connectivity index (χ3v) is 4.45. The van der Waals surface area contributed by atoms with Crippen LogP contribution in [0.15, 0.2) is 24.3 Å². The average molecular weight is 341 g/mol. The third-order valence-electron chi connectivity index (χ3n) is 3.68. The molecule has 0 saturated carbocycles. The van der Waals surface area contributed by atoms with Crippen molar-refractivity contribution in [1.82, 2.24) is 9.62 Å². The van der Waals surface area contributed by atoms with E-state index in [0.29, 0.717) is 24.9 Å². The van der Waals surface area contributed by atoms with Gasteiger partial charge in [-0.15, -0.1) is 0 Å². The van der Waals surface area contributed by atoms with Crippen LogP contribution in [0.3, 0.4) is 0 Å². The van der Waals surface area contributed by atoms with Gasteiger partial charge in [0, 0.05) is 30.8 Å². The zero-order chi connectivity index (χ0) is 17.0. The van der Waals surface area contributed by atoms with E-state index in [1.807, 2.05) is 0 Å². The second-order valence-corrected chi connectivity index (χ2v) is 7.41. The molecule has 0 radical (unpaired) electrons. The molecule has 0 bridgehead atoms. The number of sulfonamides is 1. The summed E-state index contributed by atoms with van der Waals surface area (Å²) < 4.78 is 25.1. The summed E-state index contributed by atoms with van der Waals surface area (Å²) in [6.45, 7) is 0.813. The molecule has 2 rings (SSSR count). The number of nitrogens with one attached hydrogen (secondary N) is 1. The van der Waals surface area contributed by atoms with E-state index in [-0.39, 0.29) is 30.6 Å². The van der Waals surface area contributed by atoms with Gasteiger partial charge < -0.3 is 4.90 Å². The number of benzene rings is 1. The SMILES string of the molecule is CS(=O)(=O)N[C@@H]1CCCN(C(=O)Cc2ccccc2[N+](=O)[O-])C1. The molecular weight excluding hydrogens is 322 g/mol. The summed E-state index contributed by atoms with van der Waals surface area (Å²) in [5, 5.41) is 11.0. The van der Waals surface area contributed by atoms with Crippen LogP contribution in [-0.4, -0.2) is 49.5 Å². The predicted octanol–water partition coefficient (Wildman–Crippen LogP) is 0.678. The van der Waals surface area contributed by atoms with Gasteiger partial charge in [0.25, 0.3) is 5.69 Å². The van der Waals surface area contributed by atoms with Gasteiger partial charge in [0.15, 0.2) is 0 Å². The van der Waals surface area contributed by atoms with E-state index in [1.54, 1.807) is 23.1 Å². The lowest BCUT2D eigenvalue weighted by atomic mass is 10.0. The van der Waals surface area contributed by atoms with Crippen LogP contribution < -0.4 is 4.72 Å². The summed E-state index contributed by atoms with van der Waals surface area (Å²) in [7, 11) is -3.33. The number of nitro groups is 1. The van der Waals surface area contributed by atoms with Gasteiger partial charge in [0.05, 0.1) is 17.6 Å². The Hall–Kier alpha value is -2.00. The zero-order valence-electron chi connectivity index (χ0n) is 12.8. The van der Waals surface area contributed by atoms with Gasteiger partial charge in [-0.25, -0.2) is 13.1 Å². The van der Waals surface area contributed by atoms with E-state index >= 15 is 0 Å². The number of hydrogen-bond acceptors (Lipinski definition) is 5. The van der Waals surface area contributed by atoms with Gasteiger partial charge in [-0.1, -0.05) is 18.2 Å². The Kier molecular flexibility index (Phi) is 5.32. The van der Waals surface area contributed by atoms with Crippen molar-refractivity contribution in [2.45, 2.75) is 25.3 Å². The van der Waals surface area contributed by atoms with Crippen LogP contribution in [0.2, 0.25) is 0 Å². The Morgan fingerprint density at radius 3 is 2.78 bits per heavy atom. The number of amides is 1. The molecule has 1 aliphatic rings. The Labute approximate surface area is 134 Å². The molecule has 1 aromatic rings. The van der Waals surface area contributed by atoms with Gasteiger partial charge in [0.2, 0.25) is 15.9 Å². The molecule has 1 aromatic carbocycles. The minimum Gasteiger partial charge on any atom is -0.341 e. The number of rotatable bonds is 5. The van der Waals surface area contributed by atoms with E-state index in [9.17, 15) is 23.3 Å². The Morgan fingerprint density at radius 1 is 1.43 bits per heavy atom. The standard InChI is InChI=1S/C14H19N3O5S/c1-23(21,22)15-12-6-4-8-16(10-12)14(18)9-11-5-2-3-7-13(11)17(19)20/h2-3,5,7,12,15H,4,6,8-10H2,1H3/t12-/m1/s1. The lowest BCUT2D eigenvalue weighted by Crippen LogP contribution is -2.49. The molecule has 1 heterocycles. The number of carbonyl (C=O) groups is 1. The van der Waals surface area contributed by atoms with Crippen LogP contribution in [0.1, 0.15) is 18.4 Å². The summed E-state index contributed by atoms with van der Waals surface area (Å²) in [6.07, 6.45) is 2.38. The number of piperidine rings is 1. The molecule has 9 heteroatoms. The molecule has 0 aromatic heterocycles. The fourth-order valence-corrected chi connectivity index (χ4v) is 3.51. The van der Waals surface area contributed by atoms with Crippen molar-refractivity contribution in [3.63, 3.8) is 0 Å². The highest BCUT2D eigenvalue weighted by molar-refractivity contribution is 7.88. The van der Waals surface area contributed by atoms with Crippen LogP contribution in [-0.2, 0) is 21.2 Å². The highest BCUT2D eigenvalue weighted by atomic mass is 32.2. The van der Waals surface area contributed by atoms with Crippen LogP contribution in [0.5, 0.6) is 0 Å². The van der Waals surface area contributed by atoms with Crippen molar-refractivity contribution < 1.29 is 18.1 Å². The van der Waals surface area contributed by atoms with Crippen molar-refractivity contribution in [3.8, 4) is 0 Å². The molecular formula is C14H19N3O5S. The number of carbonyl (C=O) groups excluding carboxylic acids is 1. The minimum absolute atomic E-state index is 0.0667. The first-order valence-corrected chi connectivity index (χ1v) is 9.13. The number of hydrogen-bond donors (Lipinski definition) is 1. The predicted molar refractivity (Wildman–Crippen MR) is 84.4 cm³/mol. The van der Waals surface area contributed by atoms with Crippen molar-refractivity contribution in [2.75, 3.05) is 19.3 Å². The minimum atomic E-state index is -3.33. The van der Waals surface area contributed by atoms with Gasteiger partial charge in [-0.05, 0) is 12.8 Å². The van der Waals surface area contributed by atoms with E-state index in [1.165, 1.54) is 6.07 Å². The van der Waals surface area contributed by atoms with Crippen molar-refractivity contribution in [2.24, 2.45) is 0 Å². The van der Waals surface area contributed by atoms with Crippen molar-refractivity contribution >= 4 is 21.6 Å². The first kappa shape index (κ1) is 17.4. The first-order valence-electron chi connectivity index (χ1n) is 7.23. The number of nitro benzene ring substituents is 1. The summed E-state index contributed by atoms with van der Waals surface area (Å²) >= 11 is 0. The summed E-state index contributed by atoms with van der Waals surface area (Å²) in [4.78, 5) is 24.4. The summed E-state index contributed by atoms with van der Waals surface area (Å²) in [6, 6.07) is 5.83. The maximum atomic E-state index is 12.4. The number of nitrogens with zero attached hydrogens (tertiary/aromatic N) is 2. The second-order valence-electron chi connectivity index (χ2n) is 5.63. The first-order chi connectivity index (χ1) is 10.8. The van der Waals surface area contributed by atoms with Gasteiger partial charge in [-0.2, -0.15) is 0 Å². The summed E-state index contributed by atoms with van der Waals surface area (Å²) in [5.74, 6) is -0.237. The molecule has 1 atom stereocenters. The zero-order valence-corrected chi connectivity index (χ0v) is 13.6. The maximum absolute atomic E-state index is 12.4. The fourth-order valence-electron chi connectivity index (χ4n) is 2.72. The molecule has 1 N–H and O–H groups in total. The topological polar surface area (TPSA) is 110 Å². The molecule has 1 amide bonds. The lowest BCUT2D eigenvalue weighted by molar-refractivity contribution is -0.385. The normalized spacial score (nSPS) is 18.7. The highest BCUT2D eigenvalue weighted by Crippen LogP contribution is 2.20. The summed E-state index contributed by atoms with van der Waals surface area (Å²) in [5.41, 5.74) is 0.282. The Morgan fingerprint density at radius 2 is 2.13 bits per heavy atom. The largest absolute Gasteiger partial charge is 0.341 e. The molecule has 0 aliphatic carbocycles. The lowest BCUT2D eigenvalue weighted by Gasteiger charge is -2.32. The molecule has 0 spiro atoms. The molecule has 126 valence electrons. The molecule has 8 nitrogen and oxygen atoms in total. The number of likely N-dealkylation sites (tertiary alicyclic amines) is 1. The van der Waals surface area contributed by atoms with E-state index in [0.717, 1.165) is 6.26 Å². The van der Waals surface area contributed by atoms with Crippen molar-refractivity contribution in [3.05, 3.63) is 39.9 Å². The highest BCUT2D eigenvalue weighted by Gasteiger charge is 2.26. The molecule has 1 fully saturated rings. The quantitative estimate of drug-likeness (QED) is 0.625. The van der Waals surface area contributed by atoms with Gasteiger partial charge in [0.1, 0.15) is 0 Å². The molecule has 1 aliphatic heterocycles. The van der Waals surface area contributed by atoms with E-state index in [4.69, 9.17) is 0 Å². The fraction of sp³-hybridized carbons (Fsp3) is 0.500.